The van der Waals surface area contributed by atoms with E-state index in [1.165, 1.54) is 18.2 Å². The average Bonchev–Trinajstić information content (AvgIpc) is 1.56. The molecule has 11 aromatic heterocycles. The van der Waals surface area contributed by atoms with Gasteiger partial charge in [0.25, 0.3) is 24.2 Å². The number of fused-ring (bicyclic) bond motifs is 4. The zero-order valence-electron chi connectivity index (χ0n) is 81.7. The highest BCUT2D eigenvalue weighted by Crippen LogP contribution is 2.41. The van der Waals surface area contributed by atoms with E-state index >= 15 is 0 Å². The molecule has 1 aliphatic heterocycles. The first-order valence-corrected chi connectivity index (χ1v) is 48.8. The summed E-state index contributed by atoms with van der Waals surface area (Å²) in [6.07, 6.45) is 35.1. The van der Waals surface area contributed by atoms with Crippen molar-refractivity contribution in [2.45, 2.75) is 113 Å². The molecule has 0 radical (unpaired) electrons. The molecule has 19 rings (SSSR count). The third-order valence-electron chi connectivity index (χ3n) is 22.6. The summed E-state index contributed by atoms with van der Waals surface area (Å²) < 4.78 is 66.9. The molecule has 0 saturated carbocycles. The second-order valence-electron chi connectivity index (χ2n) is 32.9. The monoisotopic (exact) mass is 2140 g/mol. The minimum atomic E-state index is -0.472. The van der Waals surface area contributed by atoms with Gasteiger partial charge in [-0.2, -0.15) is 0 Å². The van der Waals surface area contributed by atoms with Gasteiger partial charge in [0.15, 0.2) is 0 Å². The number of nitrogens with one attached hydrogen (secondary N) is 5. The smallest absolute Gasteiger partial charge is 0.494 e. The molecule has 18 aromatic rings. The van der Waals surface area contributed by atoms with Crippen molar-refractivity contribution in [1.82, 2.24) is 93.5 Å². The number of hydrogen-bond acceptors (Lipinski definition) is 31. The summed E-state index contributed by atoms with van der Waals surface area (Å²) in [6.45, 7) is 26.7. The lowest BCUT2D eigenvalue weighted by molar-refractivity contribution is -0.282. The summed E-state index contributed by atoms with van der Waals surface area (Å²) in [4.78, 5) is 62.2. The first-order chi connectivity index (χ1) is 70.0. The van der Waals surface area contributed by atoms with Gasteiger partial charge in [-0.3, -0.25) is 30.2 Å². The van der Waals surface area contributed by atoms with Gasteiger partial charge >= 0.3 is 13.1 Å². The number of aryl methyl sites for hydroxylation is 1. The molecule has 7 aromatic carbocycles. The Morgan fingerprint density at radius 1 is 0.444 bits per heavy atom. The van der Waals surface area contributed by atoms with Gasteiger partial charge in [0.05, 0.1) is 125 Å². The van der Waals surface area contributed by atoms with E-state index in [-0.39, 0.29) is 30.2 Å². The first kappa shape index (κ1) is 107. The van der Waals surface area contributed by atoms with E-state index in [9.17, 15) is 9.59 Å². The highest BCUT2D eigenvalue weighted by atomic mass is 79.9. The summed E-state index contributed by atoms with van der Waals surface area (Å²) in [7, 11) is 2.99. The van der Waals surface area contributed by atoms with Gasteiger partial charge in [-0.1, -0.05) is 95.8 Å². The Labute approximate surface area is 858 Å². The second kappa shape index (κ2) is 53.5. The van der Waals surface area contributed by atoms with Crippen LogP contribution in [0.3, 0.4) is 0 Å². The Morgan fingerprint density at radius 2 is 0.833 bits per heavy atom. The lowest BCUT2D eigenvalue weighted by Gasteiger charge is -2.32. The summed E-state index contributed by atoms with van der Waals surface area (Å²) >= 11 is 10.4. The maximum Gasteiger partial charge on any atom is 0.494 e. The maximum absolute atomic E-state index is 12.3. The van der Waals surface area contributed by atoms with E-state index in [4.69, 9.17) is 63.1 Å². The van der Waals surface area contributed by atoms with Crippen LogP contribution in [-0.4, -0.2) is 198 Å². The maximum atomic E-state index is 12.3. The molecule has 0 atom stereocenters. The lowest BCUT2D eigenvalue weighted by atomic mass is 9.79. The van der Waals surface area contributed by atoms with E-state index < -0.39 is 6.48 Å². The van der Waals surface area contributed by atoms with E-state index in [2.05, 4.69) is 206 Å². The fourth-order valence-corrected chi connectivity index (χ4v) is 15.6. The number of carbonyl (C=O) groups is 2. The van der Waals surface area contributed by atoms with Crippen LogP contribution in [0.1, 0.15) is 81.7 Å². The summed E-state index contributed by atoms with van der Waals surface area (Å²) in [5, 5.41) is 33.9. The molecule has 37 nitrogen and oxygen atoms in total. The fourth-order valence-electron chi connectivity index (χ4n) is 14.6. The molecule has 1 fully saturated rings. The molecule has 1 aliphatic rings. The third kappa shape index (κ3) is 29.6. The van der Waals surface area contributed by atoms with Crippen molar-refractivity contribution in [3.05, 3.63) is 300 Å². The quantitative estimate of drug-likeness (QED) is 0.00492. The molecule has 0 bridgehead atoms. The molecule has 144 heavy (non-hydrogen) atoms. The minimum absolute atomic E-state index is 0.294. The number of nitrogens with two attached hydrogens (primary N) is 2. The molecular formula is C103H115BBr3N25O12. The van der Waals surface area contributed by atoms with Crippen LogP contribution < -0.4 is 53.2 Å². The number of anilines is 4. The second-order valence-corrected chi connectivity index (χ2v) is 35.6. The highest BCUT2D eigenvalue weighted by molar-refractivity contribution is 9.11. The van der Waals surface area contributed by atoms with E-state index in [0.29, 0.717) is 87.1 Å². The number of nitrogens with zero attached hydrogens (tertiary/aromatic N) is 18. The van der Waals surface area contributed by atoms with Crippen LogP contribution in [0.4, 0.5) is 22.7 Å². The number of halogens is 3. The van der Waals surface area contributed by atoms with Crippen LogP contribution in [0, 0.1) is 6.92 Å². The largest absolute Gasteiger partial charge is 0.497 e. The normalized spacial score (nSPS) is 12.1. The van der Waals surface area contributed by atoms with Crippen molar-refractivity contribution in [3.8, 4) is 57.0 Å². The Balaban J connectivity index is 0.000000147. The summed E-state index contributed by atoms with van der Waals surface area (Å²) in [6, 6.07) is 47.6. The Bertz CT molecular complexity index is 6970. The van der Waals surface area contributed by atoms with Crippen LogP contribution in [0.15, 0.2) is 293 Å². The summed E-state index contributed by atoms with van der Waals surface area (Å²) in [5.74, 6) is 7.39. The van der Waals surface area contributed by atoms with Crippen LogP contribution >= 0.6 is 47.8 Å². The Kier molecular flexibility index (Phi) is 39.7. The average molecular weight is 2150 g/mol. The first-order valence-electron chi connectivity index (χ1n) is 46.5. The van der Waals surface area contributed by atoms with E-state index in [0.717, 1.165) is 158 Å². The van der Waals surface area contributed by atoms with Gasteiger partial charge in [0.2, 0.25) is 12.3 Å². The molecule has 0 unspecified atom stereocenters. The minimum Gasteiger partial charge on any atom is -0.497 e. The molecule has 9 N–H and O–H groups in total. The summed E-state index contributed by atoms with van der Waals surface area (Å²) in [5.41, 5.74) is 21.2. The molecule has 1 saturated heterocycles. The molecule has 1 amide bonds. The highest BCUT2D eigenvalue weighted by Gasteiger charge is 2.51. The van der Waals surface area contributed by atoms with Gasteiger partial charge in [-0.25, -0.2) is 35.6 Å². The van der Waals surface area contributed by atoms with Crippen LogP contribution in [0.25, 0.3) is 89.1 Å². The van der Waals surface area contributed by atoms with Crippen molar-refractivity contribution >= 4 is 139 Å². The molecule has 748 valence electrons. The van der Waals surface area contributed by atoms with Gasteiger partial charge in [-0.05, 0) is 182 Å². The van der Waals surface area contributed by atoms with E-state index in [1.54, 1.807) is 96.0 Å². The fraction of sp³-hybridized carbons (Fsp3) is 0.272. The van der Waals surface area contributed by atoms with Crippen molar-refractivity contribution in [2.75, 3.05) is 94.6 Å². The van der Waals surface area contributed by atoms with Gasteiger partial charge < -0.3 is 96.4 Å². The molecule has 0 spiro atoms. The molecular weight excluding hydrogens is 2030 g/mol. The predicted molar refractivity (Wildman–Crippen MR) is 568 cm³/mol. The predicted octanol–water partition coefficient (Wildman–Crippen LogP) is 18.2. The number of hydrazine groups is 1. The molecule has 41 heteroatoms. The van der Waals surface area contributed by atoms with Crippen molar-refractivity contribution in [1.29, 1.82) is 0 Å². The number of benzene rings is 7. The number of pyridine rings is 4. The lowest BCUT2D eigenvalue weighted by Crippen LogP contribution is -2.41. The van der Waals surface area contributed by atoms with Gasteiger partial charge in [-0.15, -0.1) is 20.4 Å². The van der Waals surface area contributed by atoms with Gasteiger partial charge in [0.1, 0.15) is 17.1 Å². The Hall–Kier alpha value is -14.5. The van der Waals surface area contributed by atoms with Crippen molar-refractivity contribution < 1.29 is 56.2 Å². The van der Waals surface area contributed by atoms with Crippen LogP contribution in [-0.2, 0) is 61.0 Å². The topological polar surface area (TPSA) is 439 Å². The SMILES string of the molecule is Brc1ccc2ncc(-c3nnco3)c(NCCn3ccnc3)c2c1.CCOC(=O)c1cnc2ccc(Br)cc2c1NCCn1ccnc1.CCOC(OCC)OCC.COc1ccc(-c2nnc(-c3cnc4ccc(-c5ccc(C)cc5)cc4c3NCCn3ccnc3)o2)cc1.COc1ccc(B2OC(C)(C)C(C)(C)O2)cc1.NCCn1ccnc1.NNC(=O)c1cnc2ccc(Br)cc2c1NCCn1ccnc1. The number of imidazole rings is 5. The molecule has 12 heterocycles. The van der Waals surface area contributed by atoms with E-state index in [1.807, 2.05) is 190 Å². The van der Waals surface area contributed by atoms with Crippen molar-refractivity contribution in [2.24, 2.45) is 11.6 Å². The zero-order chi connectivity index (χ0) is 102. The Morgan fingerprint density at radius 3 is 1.25 bits per heavy atom. The zero-order valence-corrected chi connectivity index (χ0v) is 86.5. The number of amides is 1. The number of aromatic nitrogens is 18. The number of ether oxygens (including phenoxy) is 6. The number of nitrogen functional groups attached to an aromatic ring is 1. The number of hydrogen-bond donors (Lipinski definition) is 7. The van der Waals surface area contributed by atoms with Crippen LogP contribution in [0.2, 0.25) is 0 Å². The number of methoxy groups -OCH3 is 2. The number of carbonyl (C=O) groups excluding carboxylic acids is 2. The number of rotatable bonds is 34. The molecule has 0 aliphatic carbocycles. The standard InChI is InChI=1S/C30H26N6O2.C17H17BrN4O2.C16H13BrN6O.C15H15BrN6O.C13H19BO3.C7H16O3.C5H9N3/c1-20-3-5-21(6-4-20)23-9-12-27-25(17-23)28(32-14-16-36-15-13-31-19-36)26(18-33-27)30-35-34-29(38-30)22-7-10-24(37-2)11-8-22;1-2-24-17(23)14-10-21-15-4-3-12(18)9-13(15)16(14)20-6-8-22-7-5-19-11-22;17-11-1-2-14-12(7-11)15(19-4-6-23-5-3-18-9-23)13(8-20-14)16-22-21-10-24-16;16-10-1-2-13-11(7-10)14(12(8-20-13)15(23)21-17)19-4-6-22-5-3-18-9-22;1-12(2)13(3,4)17-14(16-12)10-6-8-11(15-5)9-7-10;1-4-8-7(9-5-2)10-6-3;6-1-3-8-4-2-7-5-8/h3-13,15,17-19H,14,16H2,1-2H3,(H,32,33);3-5,7,9-11H,2,6,8H2,1H3,(H,20,21);1-3,5,7-10H,4,6H2,(H,19,20);1-3,5,7-9H,4,6,17H2,(H,19,20)(H,21,23);6-9H,1-5H3;7H,4-6H2,1-3H3;2,4-5H,1,3,6H2. The number of esters is 1. The van der Waals surface area contributed by atoms with Gasteiger partial charge in [0, 0.05) is 213 Å². The third-order valence-corrected chi connectivity index (χ3v) is 24.1. The van der Waals surface area contributed by atoms with Crippen LogP contribution in [0.5, 0.6) is 11.5 Å². The van der Waals surface area contributed by atoms with Crippen molar-refractivity contribution in [3.63, 3.8) is 0 Å².